The first kappa shape index (κ1) is 15.8. The fourth-order valence-electron chi connectivity index (χ4n) is 3.05. The molecule has 3 heteroatoms. The van der Waals surface area contributed by atoms with Crippen molar-refractivity contribution in [2.45, 2.75) is 0 Å². The van der Waals surface area contributed by atoms with Crippen molar-refractivity contribution in [3.8, 4) is 22.6 Å². The molecule has 4 rings (SSSR count). The number of benzene rings is 4. The molecule has 4 aromatic rings. The quantitative estimate of drug-likeness (QED) is 0.486. The number of aromatic hydroxyl groups is 2. The third-order valence-corrected chi connectivity index (χ3v) is 4.06. The van der Waals surface area contributed by atoms with Crippen LogP contribution in [0.25, 0.3) is 32.7 Å². The zero-order chi connectivity index (χ0) is 15.1. The van der Waals surface area contributed by atoms with Crippen LogP contribution in [-0.2, 0) is 26.2 Å². The third-order valence-electron chi connectivity index (χ3n) is 4.06. The maximum atomic E-state index is 10.4. The Morgan fingerprint density at radius 1 is 0.478 bits per heavy atom. The van der Waals surface area contributed by atoms with E-state index in [0.717, 1.165) is 21.5 Å². The van der Waals surface area contributed by atoms with Gasteiger partial charge in [0, 0.05) is 37.3 Å². The number of fused-ring (bicyclic) bond motifs is 2. The van der Waals surface area contributed by atoms with E-state index >= 15 is 0 Å². The first-order valence-electron chi connectivity index (χ1n) is 7.17. The van der Waals surface area contributed by atoms with Crippen LogP contribution < -0.4 is 0 Å². The van der Waals surface area contributed by atoms with Crippen molar-refractivity contribution in [1.29, 1.82) is 0 Å². The van der Waals surface area contributed by atoms with E-state index in [4.69, 9.17) is 0 Å². The van der Waals surface area contributed by atoms with Crippen molar-refractivity contribution in [2.24, 2.45) is 0 Å². The van der Waals surface area contributed by atoms with Crippen LogP contribution in [0.1, 0.15) is 0 Å². The van der Waals surface area contributed by atoms with Crippen LogP contribution in [0.15, 0.2) is 72.8 Å². The van der Waals surface area contributed by atoms with Crippen molar-refractivity contribution in [3.05, 3.63) is 72.8 Å². The van der Waals surface area contributed by atoms with Gasteiger partial charge in [-0.25, -0.2) is 0 Å². The average Bonchev–Trinajstić information content (AvgIpc) is 2.56. The third kappa shape index (κ3) is 2.56. The summed E-state index contributed by atoms with van der Waals surface area (Å²) in [5.41, 5.74) is 1.35. The summed E-state index contributed by atoms with van der Waals surface area (Å²) in [6, 6.07) is 22.9. The number of rotatable bonds is 1. The Labute approximate surface area is 153 Å². The molecule has 0 unspecified atom stereocenters. The Morgan fingerprint density at radius 3 is 1.30 bits per heavy atom. The predicted molar refractivity (Wildman–Crippen MR) is 90.2 cm³/mol. The van der Waals surface area contributed by atoms with Gasteiger partial charge < -0.3 is 10.2 Å². The fraction of sp³-hybridized carbons (Fsp3) is 0. The Morgan fingerprint density at radius 2 is 0.870 bits per heavy atom. The van der Waals surface area contributed by atoms with E-state index in [1.54, 1.807) is 12.1 Å². The second-order valence-corrected chi connectivity index (χ2v) is 5.36. The monoisotopic (exact) mass is 376 g/mol. The molecule has 0 saturated heterocycles. The van der Waals surface area contributed by atoms with E-state index in [-0.39, 0.29) is 37.7 Å². The molecule has 2 N–H and O–H groups in total. The molecule has 0 atom stereocenters. The standard InChI is InChI=1S/C20H14O2.Zr/c21-17-11-9-13-5-1-3-7-15(13)19(17)20-16-8-4-2-6-14(16)10-12-18(20)22;/h1-12,21-22H;. The largest absolute Gasteiger partial charge is 0.507 e. The van der Waals surface area contributed by atoms with Gasteiger partial charge in [-0.2, -0.15) is 0 Å². The van der Waals surface area contributed by atoms with Gasteiger partial charge in [0.25, 0.3) is 0 Å². The van der Waals surface area contributed by atoms with Crippen LogP contribution >= 0.6 is 0 Å². The molecular formula is C20H14O2Zr. The topological polar surface area (TPSA) is 40.5 Å². The number of phenolic OH excluding ortho intramolecular Hbond substituents is 2. The van der Waals surface area contributed by atoms with Crippen molar-refractivity contribution < 1.29 is 36.4 Å². The molecule has 4 aromatic carbocycles. The van der Waals surface area contributed by atoms with Crippen LogP contribution in [0.4, 0.5) is 0 Å². The van der Waals surface area contributed by atoms with Gasteiger partial charge in [0.1, 0.15) is 11.5 Å². The molecule has 0 saturated carbocycles. The maximum Gasteiger partial charge on any atom is 0.124 e. The van der Waals surface area contributed by atoms with Gasteiger partial charge in [-0.05, 0) is 33.7 Å². The van der Waals surface area contributed by atoms with Crippen molar-refractivity contribution in [1.82, 2.24) is 0 Å². The first-order valence-corrected chi connectivity index (χ1v) is 7.17. The van der Waals surface area contributed by atoms with Crippen LogP contribution in [0.3, 0.4) is 0 Å². The SMILES string of the molecule is Oc1ccc2ccccc2c1-c1c(O)ccc2ccccc12.[Zr]. The van der Waals surface area contributed by atoms with E-state index < -0.39 is 0 Å². The summed E-state index contributed by atoms with van der Waals surface area (Å²) >= 11 is 0. The van der Waals surface area contributed by atoms with Gasteiger partial charge >= 0.3 is 0 Å². The van der Waals surface area contributed by atoms with Gasteiger partial charge in [-0.1, -0.05) is 60.7 Å². The van der Waals surface area contributed by atoms with Crippen LogP contribution in [0.2, 0.25) is 0 Å². The Balaban J connectivity index is 0.00000156. The smallest absolute Gasteiger partial charge is 0.124 e. The molecule has 2 nitrogen and oxygen atoms in total. The minimum Gasteiger partial charge on any atom is -0.507 e. The summed E-state index contributed by atoms with van der Waals surface area (Å²) in [5.74, 6) is 0.343. The minimum absolute atomic E-state index is 0. The van der Waals surface area contributed by atoms with E-state index in [9.17, 15) is 10.2 Å². The summed E-state index contributed by atoms with van der Waals surface area (Å²) in [4.78, 5) is 0. The normalized spacial score (nSPS) is 10.6. The first-order chi connectivity index (χ1) is 10.8. The molecule has 0 aliphatic heterocycles. The second-order valence-electron chi connectivity index (χ2n) is 5.36. The van der Waals surface area contributed by atoms with E-state index in [0.29, 0.717) is 11.1 Å². The average molecular weight is 378 g/mol. The second kappa shape index (κ2) is 6.18. The molecule has 0 bridgehead atoms. The van der Waals surface area contributed by atoms with Gasteiger partial charge in [0.15, 0.2) is 0 Å². The van der Waals surface area contributed by atoms with E-state index in [1.807, 2.05) is 60.7 Å². The van der Waals surface area contributed by atoms with Crippen LogP contribution in [0.5, 0.6) is 11.5 Å². The van der Waals surface area contributed by atoms with Crippen molar-refractivity contribution in [2.75, 3.05) is 0 Å². The van der Waals surface area contributed by atoms with Crippen LogP contribution in [0, 0.1) is 0 Å². The molecule has 23 heavy (non-hydrogen) atoms. The van der Waals surface area contributed by atoms with Gasteiger partial charge in [0.2, 0.25) is 0 Å². The molecular weight excluding hydrogens is 363 g/mol. The van der Waals surface area contributed by atoms with Gasteiger partial charge in [-0.3, -0.25) is 0 Å². The molecule has 0 radical (unpaired) electrons. The minimum atomic E-state index is 0. The Bertz CT molecular complexity index is 925. The maximum absolute atomic E-state index is 10.4. The summed E-state index contributed by atoms with van der Waals surface area (Å²) in [6.07, 6.45) is 0. The number of hydrogen-bond donors (Lipinski definition) is 2. The molecule has 0 aliphatic rings. The van der Waals surface area contributed by atoms with E-state index in [2.05, 4.69) is 0 Å². The number of hydrogen-bond acceptors (Lipinski definition) is 2. The molecule has 0 heterocycles. The Kier molecular flexibility index (Phi) is 4.23. The van der Waals surface area contributed by atoms with Gasteiger partial charge in [0.05, 0.1) is 0 Å². The van der Waals surface area contributed by atoms with Crippen molar-refractivity contribution >= 4 is 21.5 Å². The van der Waals surface area contributed by atoms with Crippen LogP contribution in [-0.4, -0.2) is 10.2 Å². The summed E-state index contributed by atoms with van der Waals surface area (Å²) in [7, 11) is 0. The predicted octanol–water partition coefficient (Wildman–Crippen LogP) is 5.07. The Hall–Kier alpha value is -2.12. The molecule has 0 aliphatic carbocycles. The van der Waals surface area contributed by atoms with Crippen molar-refractivity contribution in [3.63, 3.8) is 0 Å². The summed E-state index contributed by atoms with van der Waals surface area (Å²) in [6.45, 7) is 0. The summed E-state index contributed by atoms with van der Waals surface area (Å²) < 4.78 is 0. The molecule has 0 fully saturated rings. The van der Waals surface area contributed by atoms with E-state index in [1.165, 1.54) is 0 Å². The zero-order valence-corrected chi connectivity index (χ0v) is 14.8. The summed E-state index contributed by atoms with van der Waals surface area (Å²) in [5, 5.41) is 24.8. The fourth-order valence-corrected chi connectivity index (χ4v) is 3.05. The molecule has 0 aromatic heterocycles. The molecule has 110 valence electrons. The van der Waals surface area contributed by atoms with Gasteiger partial charge in [-0.15, -0.1) is 0 Å². The zero-order valence-electron chi connectivity index (χ0n) is 12.3. The molecule has 0 amide bonds. The molecule has 0 spiro atoms. The number of phenols is 2.